The largest absolute Gasteiger partial charge is 0.392 e. The van der Waals surface area contributed by atoms with Crippen LogP contribution in [0.5, 0.6) is 0 Å². The van der Waals surface area contributed by atoms with E-state index in [-0.39, 0.29) is 19.8 Å². The van der Waals surface area contributed by atoms with Gasteiger partial charge < -0.3 is 15.3 Å². The number of aliphatic hydroxyl groups excluding tert-OH is 3. The molecule has 23 heavy (non-hydrogen) atoms. The van der Waals surface area contributed by atoms with Crippen molar-refractivity contribution < 1.29 is 15.3 Å². The molecular formula is C20H34O3. The van der Waals surface area contributed by atoms with E-state index in [1.807, 2.05) is 19.9 Å². The van der Waals surface area contributed by atoms with Crippen LogP contribution in [0.25, 0.3) is 0 Å². The third-order valence-electron chi connectivity index (χ3n) is 3.85. The third kappa shape index (κ3) is 13.0. The van der Waals surface area contributed by atoms with Gasteiger partial charge in [-0.25, -0.2) is 0 Å². The summed E-state index contributed by atoms with van der Waals surface area (Å²) in [6.07, 6.45) is 13.9. The number of rotatable bonds is 12. The lowest BCUT2D eigenvalue weighted by molar-refractivity contribution is 0.326. The second-order valence-electron chi connectivity index (χ2n) is 6.13. The van der Waals surface area contributed by atoms with Crippen LogP contribution in [0.2, 0.25) is 0 Å². The standard InChI is InChI=1S/C20H34O3/c1-17(7-4-10-19(3)15-22)8-5-11-20(16-23)12-6-9-18(2)13-14-21/h8,10,12-13,21-23H,4-7,9,11,14-16H2,1-3H3/b17-8+,18-13+,19-10+,20-12+. The van der Waals surface area contributed by atoms with Gasteiger partial charge in [0.15, 0.2) is 0 Å². The van der Waals surface area contributed by atoms with Gasteiger partial charge in [0.25, 0.3) is 0 Å². The number of hydrogen-bond acceptors (Lipinski definition) is 3. The van der Waals surface area contributed by atoms with Gasteiger partial charge in [-0.1, -0.05) is 41.0 Å². The van der Waals surface area contributed by atoms with Gasteiger partial charge in [-0.15, -0.1) is 0 Å². The molecule has 0 radical (unpaired) electrons. The average Bonchev–Trinajstić information content (AvgIpc) is 2.53. The van der Waals surface area contributed by atoms with E-state index in [0.717, 1.165) is 49.7 Å². The second kappa shape index (κ2) is 14.4. The molecule has 0 aliphatic carbocycles. The fraction of sp³-hybridized carbons (Fsp3) is 0.600. The molecule has 0 saturated carbocycles. The lowest BCUT2D eigenvalue weighted by Crippen LogP contribution is -1.91. The summed E-state index contributed by atoms with van der Waals surface area (Å²) in [7, 11) is 0. The van der Waals surface area contributed by atoms with E-state index in [0.29, 0.717) is 0 Å². The minimum atomic E-state index is 0.0967. The van der Waals surface area contributed by atoms with E-state index in [9.17, 15) is 5.11 Å². The van der Waals surface area contributed by atoms with Crippen LogP contribution in [-0.2, 0) is 0 Å². The Kier molecular flexibility index (Phi) is 13.7. The van der Waals surface area contributed by atoms with E-state index in [1.54, 1.807) is 0 Å². The molecule has 0 aliphatic heterocycles. The molecule has 132 valence electrons. The first-order valence-electron chi connectivity index (χ1n) is 8.50. The molecule has 0 heterocycles. The van der Waals surface area contributed by atoms with Crippen LogP contribution in [0.3, 0.4) is 0 Å². The summed E-state index contributed by atoms with van der Waals surface area (Å²) in [5.74, 6) is 0. The zero-order valence-electron chi connectivity index (χ0n) is 15.0. The third-order valence-corrected chi connectivity index (χ3v) is 3.85. The van der Waals surface area contributed by atoms with Crippen molar-refractivity contribution in [3.05, 3.63) is 46.6 Å². The van der Waals surface area contributed by atoms with Crippen molar-refractivity contribution in [2.24, 2.45) is 0 Å². The predicted molar refractivity (Wildman–Crippen MR) is 98.3 cm³/mol. The number of allylic oxidation sites excluding steroid dienone is 5. The quantitative estimate of drug-likeness (QED) is 0.475. The van der Waals surface area contributed by atoms with Gasteiger partial charge in [0.05, 0.1) is 19.8 Å². The zero-order valence-corrected chi connectivity index (χ0v) is 15.0. The van der Waals surface area contributed by atoms with Crippen molar-refractivity contribution in [1.29, 1.82) is 0 Å². The van der Waals surface area contributed by atoms with E-state index in [1.165, 1.54) is 11.1 Å². The fourth-order valence-corrected chi connectivity index (χ4v) is 2.22. The highest BCUT2D eigenvalue weighted by molar-refractivity contribution is 5.09. The summed E-state index contributed by atoms with van der Waals surface area (Å²) in [4.78, 5) is 0. The van der Waals surface area contributed by atoms with Gasteiger partial charge >= 0.3 is 0 Å². The van der Waals surface area contributed by atoms with Gasteiger partial charge in [0, 0.05) is 0 Å². The summed E-state index contributed by atoms with van der Waals surface area (Å²) < 4.78 is 0. The molecule has 0 fully saturated rings. The SMILES string of the molecule is C/C(=C\CC/C(C)=C/CC/C(=C\CC/C(C)=C/CO)CO)CO. The molecule has 0 bridgehead atoms. The van der Waals surface area contributed by atoms with Crippen molar-refractivity contribution in [3.8, 4) is 0 Å². The smallest absolute Gasteiger partial charge is 0.0641 e. The molecule has 3 nitrogen and oxygen atoms in total. The molecule has 0 spiro atoms. The van der Waals surface area contributed by atoms with Crippen LogP contribution in [0.4, 0.5) is 0 Å². The van der Waals surface area contributed by atoms with Crippen molar-refractivity contribution in [3.63, 3.8) is 0 Å². The van der Waals surface area contributed by atoms with Crippen molar-refractivity contribution in [2.75, 3.05) is 19.8 Å². The maximum atomic E-state index is 9.41. The predicted octanol–water partition coefficient (Wildman–Crippen LogP) is 4.07. The van der Waals surface area contributed by atoms with Crippen LogP contribution in [-0.4, -0.2) is 35.1 Å². The molecule has 3 heteroatoms. The maximum absolute atomic E-state index is 9.41. The topological polar surface area (TPSA) is 60.7 Å². The molecule has 0 rings (SSSR count). The zero-order chi connectivity index (χ0) is 17.5. The van der Waals surface area contributed by atoms with Gasteiger partial charge in [-0.05, 0) is 64.9 Å². The monoisotopic (exact) mass is 322 g/mol. The molecular weight excluding hydrogens is 288 g/mol. The maximum Gasteiger partial charge on any atom is 0.0641 e. The van der Waals surface area contributed by atoms with Gasteiger partial charge in [0.1, 0.15) is 0 Å². The van der Waals surface area contributed by atoms with Crippen LogP contribution < -0.4 is 0 Å². The molecule has 0 saturated heterocycles. The Bertz CT molecular complexity index is 428. The minimum Gasteiger partial charge on any atom is -0.392 e. The molecule has 0 unspecified atom stereocenters. The van der Waals surface area contributed by atoms with Crippen LogP contribution in [0.1, 0.15) is 59.3 Å². The Balaban J connectivity index is 4.14. The van der Waals surface area contributed by atoms with Crippen LogP contribution >= 0.6 is 0 Å². The van der Waals surface area contributed by atoms with Crippen LogP contribution in [0, 0.1) is 0 Å². The summed E-state index contributed by atoms with van der Waals surface area (Å²) in [5.41, 5.74) is 4.64. The summed E-state index contributed by atoms with van der Waals surface area (Å²) >= 11 is 0. The first-order chi connectivity index (χ1) is 11.0. The Morgan fingerprint density at radius 2 is 1.13 bits per heavy atom. The van der Waals surface area contributed by atoms with E-state index >= 15 is 0 Å². The molecule has 3 N–H and O–H groups in total. The molecule has 0 aromatic rings. The van der Waals surface area contributed by atoms with Gasteiger partial charge in [-0.2, -0.15) is 0 Å². The normalized spacial score (nSPS) is 14.5. The van der Waals surface area contributed by atoms with E-state index < -0.39 is 0 Å². The van der Waals surface area contributed by atoms with Crippen molar-refractivity contribution in [1.82, 2.24) is 0 Å². The lowest BCUT2D eigenvalue weighted by Gasteiger charge is -2.04. The van der Waals surface area contributed by atoms with Gasteiger partial charge in [0.2, 0.25) is 0 Å². The van der Waals surface area contributed by atoms with Gasteiger partial charge in [-0.3, -0.25) is 0 Å². The molecule has 0 amide bonds. The Morgan fingerprint density at radius 1 is 0.609 bits per heavy atom. The molecule has 0 aliphatic rings. The highest BCUT2D eigenvalue weighted by Gasteiger charge is 1.97. The summed E-state index contributed by atoms with van der Waals surface area (Å²) in [6, 6.07) is 0. The summed E-state index contributed by atoms with van der Waals surface area (Å²) in [6.45, 7) is 6.44. The van der Waals surface area contributed by atoms with Crippen molar-refractivity contribution in [2.45, 2.75) is 59.3 Å². The second-order valence-corrected chi connectivity index (χ2v) is 6.13. The molecule has 0 aromatic heterocycles. The molecule has 0 aromatic carbocycles. The van der Waals surface area contributed by atoms with Crippen LogP contribution in [0.15, 0.2) is 46.6 Å². The lowest BCUT2D eigenvalue weighted by atomic mass is 10.0. The van der Waals surface area contributed by atoms with E-state index in [2.05, 4.69) is 25.2 Å². The highest BCUT2D eigenvalue weighted by Crippen LogP contribution is 2.13. The fourth-order valence-electron chi connectivity index (χ4n) is 2.22. The Labute approximate surface area is 141 Å². The minimum absolute atomic E-state index is 0.0967. The number of aliphatic hydroxyl groups is 3. The highest BCUT2D eigenvalue weighted by atomic mass is 16.3. The van der Waals surface area contributed by atoms with Crippen molar-refractivity contribution >= 4 is 0 Å². The summed E-state index contributed by atoms with van der Waals surface area (Å²) in [5, 5.41) is 27.2. The Morgan fingerprint density at radius 3 is 1.70 bits per heavy atom. The Hall–Kier alpha value is -1.16. The number of hydrogen-bond donors (Lipinski definition) is 3. The first kappa shape index (κ1) is 21.8. The first-order valence-corrected chi connectivity index (χ1v) is 8.50. The average molecular weight is 322 g/mol. The van der Waals surface area contributed by atoms with E-state index in [4.69, 9.17) is 10.2 Å². The molecule has 0 atom stereocenters.